The van der Waals surface area contributed by atoms with Crippen LogP contribution in [-0.4, -0.2) is 98.3 Å². The molecule has 1 fully saturated rings. The number of rotatable bonds is 31. The van der Waals surface area contributed by atoms with Crippen molar-refractivity contribution in [1.29, 1.82) is 0 Å². The number of aliphatic hydroxyl groups is 5. The van der Waals surface area contributed by atoms with Crippen molar-refractivity contribution < 1.29 is 63.1 Å². The fourth-order valence-corrected chi connectivity index (χ4v) is 6.96. The highest BCUT2D eigenvalue weighted by Gasteiger charge is 2.51. The molecular formula is C36H69O13P. The maximum atomic E-state index is 12.7. The van der Waals surface area contributed by atoms with E-state index >= 15 is 0 Å². The van der Waals surface area contributed by atoms with Gasteiger partial charge in [0, 0.05) is 12.8 Å². The minimum Gasteiger partial charge on any atom is -0.462 e. The molecule has 0 saturated heterocycles. The van der Waals surface area contributed by atoms with E-state index in [1.807, 2.05) is 0 Å². The number of carbonyl (C=O) groups is 2. The predicted octanol–water partition coefficient (Wildman–Crippen LogP) is 5.77. The van der Waals surface area contributed by atoms with Crippen molar-refractivity contribution >= 4 is 19.8 Å². The number of esters is 2. The fourth-order valence-electron chi connectivity index (χ4n) is 5.99. The zero-order chi connectivity index (χ0) is 37.2. The third-order valence-electron chi connectivity index (χ3n) is 9.20. The molecule has 1 aliphatic carbocycles. The molecule has 1 aliphatic rings. The third-order valence-corrected chi connectivity index (χ3v) is 10.2. The van der Waals surface area contributed by atoms with Crippen LogP contribution in [0.4, 0.5) is 0 Å². The Labute approximate surface area is 300 Å². The van der Waals surface area contributed by atoms with Gasteiger partial charge in [-0.2, -0.15) is 0 Å². The molecule has 0 aromatic heterocycles. The van der Waals surface area contributed by atoms with Gasteiger partial charge in [-0.25, -0.2) is 4.57 Å². The van der Waals surface area contributed by atoms with Crippen LogP contribution in [0.1, 0.15) is 162 Å². The molecule has 13 nitrogen and oxygen atoms in total. The first kappa shape index (κ1) is 46.9. The number of hydrogen-bond acceptors (Lipinski definition) is 12. The van der Waals surface area contributed by atoms with Gasteiger partial charge in [0.05, 0.1) is 6.61 Å². The van der Waals surface area contributed by atoms with Gasteiger partial charge in [-0.15, -0.1) is 0 Å². The summed E-state index contributed by atoms with van der Waals surface area (Å²) in [5.41, 5.74) is 0. The van der Waals surface area contributed by atoms with Gasteiger partial charge >= 0.3 is 19.8 Å². The Balaban J connectivity index is 2.55. The molecule has 50 heavy (non-hydrogen) atoms. The molecule has 0 spiro atoms. The molecule has 0 aliphatic heterocycles. The molecule has 0 aromatic carbocycles. The monoisotopic (exact) mass is 740 g/mol. The molecule has 0 amide bonds. The van der Waals surface area contributed by atoms with Crippen LogP contribution < -0.4 is 0 Å². The van der Waals surface area contributed by atoms with Crippen LogP contribution in [0.5, 0.6) is 0 Å². The maximum absolute atomic E-state index is 12.7. The molecule has 296 valence electrons. The highest BCUT2D eigenvalue weighted by molar-refractivity contribution is 7.47. The second-order valence-electron chi connectivity index (χ2n) is 13.8. The second-order valence-corrected chi connectivity index (χ2v) is 15.2. The molecule has 0 heterocycles. The number of hydrogen-bond donors (Lipinski definition) is 6. The van der Waals surface area contributed by atoms with Crippen LogP contribution in [-0.2, 0) is 32.7 Å². The van der Waals surface area contributed by atoms with Crippen molar-refractivity contribution in [3.05, 3.63) is 0 Å². The van der Waals surface area contributed by atoms with E-state index in [1.54, 1.807) is 0 Å². The summed E-state index contributed by atoms with van der Waals surface area (Å²) >= 11 is 0. The van der Waals surface area contributed by atoms with Gasteiger partial charge in [0.25, 0.3) is 0 Å². The predicted molar refractivity (Wildman–Crippen MR) is 189 cm³/mol. The molecule has 1 saturated carbocycles. The van der Waals surface area contributed by atoms with E-state index in [1.165, 1.54) is 83.5 Å². The number of unbranched alkanes of at least 4 members (excludes halogenated alkanes) is 19. The molecule has 0 radical (unpaired) electrons. The van der Waals surface area contributed by atoms with Crippen molar-refractivity contribution in [1.82, 2.24) is 0 Å². The van der Waals surface area contributed by atoms with Crippen LogP contribution in [0.3, 0.4) is 0 Å². The van der Waals surface area contributed by atoms with E-state index in [-0.39, 0.29) is 12.8 Å². The number of phosphoric ester groups is 1. The molecule has 6 unspecified atom stereocenters. The Bertz CT molecular complexity index is 906. The van der Waals surface area contributed by atoms with E-state index in [0.717, 1.165) is 38.5 Å². The summed E-state index contributed by atoms with van der Waals surface area (Å²) in [6.07, 6.45) is 10.5. The molecule has 8 atom stereocenters. The summed E-state index contributed by atoms with van der Waals surface area (Å²) < 4.78 is 33.3. The Kier molecular flexibility index (Phi) is 26.6. The largest absolute Gasteiger partial charge is 0.472 e. The molecule has 0 aromatic rings. The third kappa shape index (κ3) is 21.4. The number of phosphoric acid groups is 1. The van der Waals surface area contributed by atoms with Crippen molar-refractivity contribution in [2.75, 3.05) is 13.2 Å². The lowest BCUT2D eigenvalue weighted by Crippen LogP contribution is -2.64. The van der Waals surface area contributed by atoms with Gasteiger partial charge < -0.3 is 39.9 Å². The average Bonchev–Trinajstić information content (AvgIpc) is 3.09. The number of carbonyl (C=O) groups excluding carboxylic acids is 2. The van der Waals surface area contributed by atoms with E-state index in [2.05, 4.69) is 13.8 Å². The summed E-state index contributed by atoms with van der Waals surface area (Å²) in [6, 6.07) is 0. The van der Waals surface area contributed by atoms with Crippen LogP contribution in [0.2, 0.25) is 0 Å². The lowest BCUT2D eigenvalue weighted by atomic mass is 9.85. The topological polar surface area (TPSA) is 210 Å². The van der Waals surface area contributed by atoms with Gasteiger partial charge in [-0.05, 0) is 12.8 Å². The Morgan fingerprint density at radius 1 is 0.540 bits per heavy atom. The quantitative estimate of drug-likeness (QED) is 0.0284. The van der Waals surface area contributed by atoms with Crippen molar-refractivity contribution in [3.8, 4) is 0 Å². The average molecular weight is 741 g/mol. The van der Waals surface area contributed by atoms with E-state index in [9.17, 15) is 44.6 Å². The minimum absolute atomic E-state index is 0.103. The number of aliphatic hydroxyl groups excluding tert-OH is 5. The summed E-state index contributed by atoms with van der Waals surface area (Å²) in [6.45, 7) is 3.24. The van der Waals surface area contributed by atoms with E-state index in [4.69, 9.17) is 18.5 Å². The summed E-state index contributed by atoms with van der Waals surface area (Å²) in [5, 5.41) is 49.8. The smallest absolute Gasteiger partial charge is 0.462 e. The lowest BCUT2D eigenvalue weighted by molar-refractivity contribution is -0.220. The molecule has 1 rings (SSSR count). The first-order valence-electron chi connectivity index (χ1n) is 19.3. The zero-order valence-electron chi connectivity index (χ0n) is 30.7. The highest BCUT2D eigenvalue weighted by atomic mass is 31.2. The number of ether oxygens (including phenoxy) is 2. The van der Waals surface area contributed by atoms with Gasteiger partial charge in [0.2, 0.25) is 0 Å². The zero-order valence-corrected chi connectivity index (χ0v) is 31.6. The summed E-state index contributed by atoms with van der Waals surface area (Å²) in [4.78, 5) is 35.3. The van der Waals surface area contributed by atoms with Crippen LogP contribution in [0.25, 0.3) is 0 Å². The van der Waals surface area contributed by atoms with Crippen LogP contribution in [0.15, 0.2) is 0 Å². The molecule has 6 N–H and O–H groups in total. The second kappa shape index (κ2) is 28.4. The highest BCUT2D eigenvalue weighted by Crippen LogP contribution is 2.47. The standard InChI is InChI=1S/C36H69O13P/c1-3-5-7-9-11-13-14-15-17-19-21-23-25-30(38)48-28(26-46-29(37)24-22-20-18-16-12-10-8-6-4-2)27-47-50(44,45)49-36-34(42)32(40)31(39)33(41)35(36)43/h28,31-36,39-43H,3-27H2,1-2H3,(H,44,45)/t28-,31?,32-,33?,34?,35?,36?/m1/s1. The van der Waals surface area contributed by atoms with Crippen LogP contribution in [0, 0.1) is 0 Å². The molecule has 0 bridgehead atoms. The molecular weight excluding hydrogens is 671 g/mol. The van der Waals surface area contributed by atoms with Gasteiger partial charge in [-0.3, -0.25) is 18.6 Å². The normalized spacial score (nSPS) is 24.1. The minimum atomic E-state index is -5.10. The first-order chi connectivity index (χ1) is 23.9. The van der Waals surface area contributed by atoms with Crippen LogP contribution >= 0.6 is 7.82 Å². The summed E-state index contributed by atoms with van der Waals surface area (Å²) in [7, 11) is -5.10. The summed E-state index contributed by atoms with van der Waals surface area (Å²) in [5.74, 6) is -1.10. The first-order valence-corrected chi connectivity index (χ1v) is 20.8. The van der Waals surface area contributed by atoms with E-state index in [0.29, 0.717) is 12.8 Å². The Morgan fingerprint density at radius 3 is 1.32 bits per heavy atom. The van der Waals surface area contributed by atoms with Crippen molar-refractivity contribution in [2.45, 2.75) is 204 Å². The van der Waals surface area contributed by atoms with Gasteiger partial charge in [0.1, 0.15) is 43.2 Å². The SMILES string of the molecule is CCCCCCCCCCCCCCC(=O)O[C@H](COC(=O)CCCCCCCCCCC)COP(=O)(O)OC1C(O)C(O)C(O)[C@@H](O)C1O. The van der Waals surface area contributed by atoms with Gasteiger partial charge in [0.15, 0.2) is 6.10 Å². The van der Waals surface area contributed by atoms with Crippen molar-refractivity contribution in [2.24, 2.45) is 0 Å². The fraction of sp³-hybridized carbons (Fsp3) is 0.944. The Morgan fingerprint density at radius 2 is 0.900 bits per heavy atom. The Hall–Kier alpha value is -1.15. The van der Waals surface area contributed by atoms with E-state index < -0.39 is 75.7 Å². The lowest BCUT2D eigenvalue weighted by Gasteiger charge is -2.41. The molecule has 14 heteroatoms. The van der Waals surface area contributed by atoms with Crippen molar-refractivity contribution in [3.63, 3.8) is 0 Å². The maximum Gasteiger partial charge on any atom is 0.472 e. The van der Waals surface area contributed by atoms with Gasteiger partial charge in [-0.1, -0.05) is 136 Å².